The smallest absolute Gasteiger partial charge is 0.272 e. The fraction of sp³-hybridized carbons (Fsp3) is 0.375. The molecule has 178 valence electrons. The highest BCUT2D eigenvalue weighted by atomic mass is 16.5. The van der Waals surface area contributed by atoms with Crippen LogP contribution in [0.15, 0.2) is 36.5 Å². The lowest BCUT2D eigenvalue weighted by Crippen LogP contribution is -2.28. The molecule has 0 fully saturated rings. The quantitative estimate of drug-likeness (QED) is 0.381. The highest BCUT2D eigenvalue weighted by Gasteiger charge is 2.19. The number of nitrogen functional groups attached to an aromatic ring is 1. The molecule has 0 bridgehead atoms. The highest BCUT2D eigenvalue weighted by molar-refractivity contribution is 5.93. The van der Waals surface area contributed by atoms with E-state index in [0.29, 0.717) is 47.0 Å². The molecule has 0 aliphatic carbocycles. The van der Waals surface area contributed by atoms with Gasteiger partial charge in [-0.2, -0.15) is 4.52 Å². The summed E-state index contributed by atoms with van der Waals surface area (Å²) in [5.41, 5.74) is 7.47. The zero-order valence-electron chi connectivity index (χ0n) is 19.8. The fourth-order valence-corrected chi connectivity index (χ4v) is 3.70. The van der Waals surface area contributed by atoms with Gasteiger partial charge in [0.15, 0.2) is 11.5 Å². The number of pyridine rings is 1. The van der Waals surface area contributed by atoms with Gasteiger partial charge < -0.3 is 20.5 Å². The summed E-state index contributed by atoms with van der Waals surface area (Å²) in [6, 6.07) is 8.94. The number of aromatic nitrogens is 5. The number of aliphatic hydroxyl groups is 1. The molecule has 10 heteroatoms. The minimum atomic E-state index is -0.994. The van der Waals surface area contributed by atoms with E-state index in [1.165, 1.54) is 6.20 Å². The van der Waals surface area contributed by atoms with Gasteiger partial charge >= 0.3 is 0 Å². The number of aryl methyl sites for hydroxylation is 1. The number of hydrogen-bond acceptors (Lipinski definition) is 8. The summed E-state index contributed by atoms with van der Waals surface area (Å²) in [5.74, 6) is 1.48. The minimum absolute atomic E-state index is 0.158. The van der Waals surface area contributed by atoms with Crippen molar-refractivity contribution in [1.82, 2.24) is 29.5 Å². The Kier molecular flexibility index (Phi) is 6.34. The predicted molar refractivity (Wildman–Crippen MR) is 129 cm³/mol. The maximum absolute atomic E-state index is 12.6. The lowest BCUT2D eigenvalue weighted by molar-refractivity contribution is 0.0761. The summed E-state index contributed by atoms with van der Waals surface area (Å²) < 4.78 is 6.82. The fourth-order valence-electron chi connectivity index (χ4n) is 3.70. The van der Waals surface area contributed by atoms with E-state index in [9.17, 15) is 9.90 Å². The summed E-state index contributed by atoms with van der Waals surface area (Å²) >= 11 is 0. The Hall–Kier alpha value is -3.79. The second-order valence-electron chi connectivity index (χ2n) is 8.79. The first-order valence-corrected chi connectivity index (χ1v) is 11.1. The Morgan fingerprint density at radius 3 is 2.68 bits per heavy atom. The van der Waals surface area contributed by atoms with Crippen molar-refractivity contribution < 1.29 is 14.6 Å². The molecule has 4 aromatic rings. The van der Waals surface area contributed by atoms with Crippen LogP contribution in [0.4, 0.5) is 5.95 Å². The average Bonchev–Trinajstić information content (AvgIpc) is 3.25. The molecule has 10 nitrogen and oxygen atoms in total. The third-order valence-electron chi connectivity index (χ3n) is 5.73. The summed E-state index contributed by atoms with van der Waals surface area (Å²) in [6.07, 6.45) is 3.78. The molecule has 3 aromatic heterocycles. The molecular formula is C24H29N7O3. The zero-order valence-corrected chi connectivity index (χ0v) is 19.8. The standard InChI is InChI=1S/C24H29N7O3/c1-24(2,33)15-8-11-18(26-14-15)22(32)30(3)12-6-5-7-20-28-21-17-10-9-16(34-4)13-19(17)27-23(25)31(21)29-20/h8-11,13-14,33H,5-7,12H2,1-4H3,(H2,25,27). The second kappa shape index (κ2) is 9.22. The number of anilines is 1. The molecule has 1 amide bonds. The van der Waals surface area contributed by atoms with E-state index in [2.05, 4.69) is 20.1 Å². The number of benzene rings is 1. The Labute approximate surface area is 197 Å². The van der Waals surface area contributed by atoms with Gasteiger partial charge in [-0.05, 0) is 44.9 Å². The van der Waals surface area contributed by atoms with Gasteiger partial charge in [0.1, 0.15) is 11.4 Å². The summed E-state index contributed by atoms with van der Waals surface area (Å²) in [5, 5.41) is 15.4. The first-order chi connectivity index (χ1) is 16.2. The normalized spacial score (nSPS) is 11.8. The molecule has 0 saturated carbocycles. The van der Waals surface area contributed by atoms with Crippen molar-refractivity contribution in [1.29, 1.82) is 0 Å². The monoisotopic (exact) mass is 463 g/mol. The van der Waals surface area contributed by atoms with Crippen molar-refractivity contribution in [2.75, 3.05) is 26.4 Å². The lowest BCUT2D eigenvalue weighted by atomic mass is 10.0. The van der Waals surface area contributed by atoms with Crippen LogP contribution in [0.25, 0.3) is 16.6 Å². The van der Waals surface area contributed by atoms with Crippen LogP contribution < -0.4 is 10.5 Å². The van der Waals surface area contributed by atoms with Crippen molar-refractivity contribution in [3.8, 4) is 5.75 Å². The number of carbonyl (C=O) groups is 1. The molecule has 0 saturated heterocycles. The van der Waals surface area contributed by atoms with Crippen LogP contribution in [0.1, 0.15) is 48.6 Å². The molecule has 0 unspecified atom stereocenters. The Morgan fingerprint density at radius 2 is 2.00 bits per heavy atom. The maximum Gasteiger partial charge on any atom is 0.272 e. The van der Waals surface area contributed by atoms with Gasteiger partial charge in [0, 0.05) is 43.2 Å². The van der Waals surface area contributed by atoms with Crippen LogP contribution in [0, 0.1) is 0 Å². The van der Waals surface area contributed by atoms with Gasteiger partial charge in [-0.3, -0.25) is 9.78 Å². The van der Waals surface area contributed by atoms with Crippen molar-refractivity contribution >= 4 is 28.4 Å². The second-order valence-corrected chi connectivity index (χ2v) is 8.79. The van der Waals surface area contributed by atoms with Gasteiger partial charge in [-0.1, -0.05) is 6.07 Å². The lowest BCUT2D eigenvalue weighted by Gasteiger charge is -2.19. The molecule has 3 heterocycles. The van der Waals surface area contributed by atoms with Gasteiger partial charge in [-0.15, -0.1) is 5.10 Å². The van der Waals surface area contributed by atoms with E-state index < -0.39 is 5.60 Å². The van der Waals surface area contributed by atoms with E-state index in [-0.39, 0.29) is 11.9 Å². The van der Waals surface area contributed by atoms with Crippen molar-refractivity contribution in [2.45, 2.75) is 38.7 Å². The van der Waals surface area contributed by atoms with E-state index in [1.54, 1.807) is 49.6 Å². The molecule has 34 heavy (non-hydrogen) atoms. The number of fused-ring (bicyclic) bond motifs is 3. The molecule has 0 atom stereocenters. The van der Waals surface area contributed by atoms with Crippen LogP contribution in [0.3, 0.4) is 0 Å². The molecule has 0 radical (unpaired) electrons. The van der Waals surface area contributed by atoms with E-state index in [4.69, 9.17) is 10.5 Å². The molecular weight excluding hydrogens is 434 g/mol. The van der Waals surface area contributed by atoms with Gasteiger partial charge in [-0.25, -0.2) is 9.97 Å². The number of amides is 1. The summed E-state index contributed by atoms with van der Waals surface area (Å²) in [6.45, 7) is 3.94. The number of ether oxygens (including phenoxy) is 1. The van der Waals surface area contributed by atoms with Crippen molar-refractivity contribution in [2.24, 2.45) is 0 Å². The Bertz CT molecular complexity index is 1330. The van der Waals surface area contributed by atoms with Crippen LogP contribution in [0.5, 0.6) is 5.75 Å². The Balaban J connectivity index is 1.37. The number of nitrogens with zero attached hydrogens (tertiary/aromatic N) is 6. The first-order valence-electron chi connectivity index (χ1n) is 11.1. The topological polar surface area (TPSA) is 132 Å². The maximum atomic E-state index is 12.6. The first kappa shape index (κ1) is 23.4. The molecule has 0 aliphatic heterocycles. The number of hydrogen-bond donors (Lipinski definition) is 2. The number of methoxy groups -OCH3 is 1. The number of nitrogens with two attached hydrogens (primary N) is 1. The van der Waals surface area contributed by atoms with Gasteiger partial charge in [0.25, 0.3) is 5.91 Å². The summed E-state index contributed by atoms with van der Waals surface area (Å²) in [4.78, 5) is 27.6. The van der Waals surface area contributed by atoms with Crippen LogP contribution in [0.2, 0.25) is 0 Å². The zero-order chi connectivity index (χ0) is 24.5. The number of rotatable bonds is 8. The SMILES string of the molecule is COc1ccc2c(c1)nc(N)n1nc(CCCCN(C)C(=O)c3ccc(C(C)(C)O)cn3)nc21. The van der Waals surface area contributed by atoms with Gasteiger partial charge in [0.2, 0.25) is 5.95 Å². The van der Waals surface area contributed by atoms with E-state index >= 15 is 0 Å². The number of unbranched alkanes of at least 4 members (excludes halogenated alkanes) is 1. The molecule has 0 aliphatic rings. The van der Waals surface area contributed by atoms with Crippen molar-refractivity contribution in [3.63, 3.8) is 0 Å². The largest absolute Gasteiger partial charge is 0.497 e. The van der Waals surface area contributed by atoms with E-state index in [0.717, 1.165) is 18.2 Å². The van der Waals surface area contributed by atoms with Crippen LogP contribution in [-0.2, 0) is 12.0 Å². The molecule has 0 spiro atoms. The summed E-state index contributed by atoms with van der Waals surface area (Å²) in [7, 11) is 3.36. The Morgan fingerprint density at radius 1 is 1.21 bits per heavy atom. The number of carbonyl (C=O) groups excluding carboxylic acids is 1. The third kappa shape index (κ3) is 4.76. The van der Waals surface area contributed by atoms with Crippen LogP contribution >= 0.6 is 0 Å². The van der Waals surface area contributed by atoms with E-state index in [1.807, 2.05) is 18.2 Å². The molecule has 4 rings (SSSR count). The van der Waals surface area contributed by atoms with Crippen LogP contribution in [-0.4, -0.2) is 61.2 Å². The van der Waals surface area contributed by atoms with Crippen molar-refractivity contribution in [3.05, 3.63) is 53.6 Å². The third-order valence-corrected chi connectivity index (χ3v) is 5.73. The van der Waals surface area contributed by atoms with Gasteiger partial charge in [0.05, 0.1) is 18.2 Å². The highest BCUT2D eigenvalue weighted by Crippen LogP contribution is 2.24. The average molecular weight is 464 g/mol. The molecule has 1 aromatic carbocycles. The minimum Gasteiger partial charge on any atom is -0.497 e. The predicted octanol–water partition coefficient (Wildman–Crippen LogP) is 2.59. The molecule has 3 N–H and O–H groups in total.